The van der Waals surface area contributed by atoms with Gasteiger partial charge < -0.3 is 15.7 Å². The van der Waals surface area contributed by atoms with E-state index in [0.717, 1.165) is 5.01 Å². The summed E-state index contributed by atoms with van der Waals surface area (Å²) in [5.41, 5.74) is 0.246. The summed E-state index contributed by atoms with van der Waals surface area (Å²) in [6, 6.07) is 3.88. The number of anilines is 1. The Kier molecular flexibility index (Phi) is 4.92. The van der Waals surface area contributed by atoms with Gasteiger partial charge in [0.05, 0.1) is 17.3 Å². The van der Waals surface area contributed by atoms with E-state index in [1.165, 1.54) is 23.5 Å². The molecule has 0 aliphatic rings. The Balaban J connectivity index is 2.08. The number of hydrogen-bond acceptors (Lipinski definition) is 4. The highest BCUT2D eigenvalue weighted by atomic mass is 79.9. The summed E-state index contributed by atoms with van der Waals surface area (Å²) >= 11 is 4.63. The third kappa shape index (κ3) is 4.02. The molecule has 0 spiro atoms. The zero-order chi connectivity index (χ0) is 15.4. The fraction of sp³-hybridized carbons (Fsp3) is 0.154. The van der Waals surface area contributed by atoms with Crippen molar-refractivity contribution in [3.63, 3.8) is 0 Å². The molecule has 0 saturated carbocycles. The predicted molar refractivity (Wildman–Crippen MR) is 83.8 cm³/mol. The van der Waals surface area contributed by atoms with Crippen LogP contribution < -0.4 is 10.6 Å². The molecule has 110 valence electrons. The van der Waals surface area contributed by atoms with Gasteiger partial charge >= 0.3 is 12.0 Å². The molecule has 1 aromatic carbocycles. The maximum Gasteiger partial charge on any atom is 0.337 e. The van der Waals surface area contributed by atoms with Gasteiger partial charge in [0, 0.05) is 16.0 Å². The number of aromatic nitrogens is 1. The van der Waals surface area contributed by atoms with Crippen molar-refractivity contribution in [1.29, 1.82) is 0 Å². The Bertz CT molecular complexity index is 661. The standard InChI is InChI=1S/C13H12BrN3O3S/c1-7(11-15-4-5-21-11)16-13(20)17-10-3-2-8(14)6-9(10)12(18)19/h2-7H,1H3,(H,18,19)(H2,16,17,20). The minimum Gasteiger partial charge on any atom is -0.478 e. The van der Waals surface area contributed by atoms with Gasteiger partial charge in [-0.2, -0.15) is 0 Å². The molecule has 6 nitrogen and oxygen atoms in total. The van der Waals surface area contributed by atoms with Crippen molar-refractivity contribution < 1.29 is 14.7 Å². The Labute approximate surface area is 133 Å². The highest BCUT2D eigenvalue weighted by Gasteiger charge is 2.15. The summed E-state index contributed by atoms with van der Waals surface area (Å²) in [5.74, 6) is -1.11. The molecule has 0 aliphatic heterocycles. The molecule has 1 aromatic heterocycles. The second kappa shape index (κ2) is 6.68. The molecule has 0 saturated heterocycles. The molecule has 2 amide bonds. The van der Waals surface area contributed by atoms with Crippen LogP contribution in [0.15, 0.2) is 34.2 Å². The maximum absolute atomic E-state index is 11.9. The summed E-state index contributed by atoms with van der Waals surface area (Å²) < 4.78 is 0.627. The number of amides is 2. The van der Waals surface area contributed by atoms with Crippen LogP contribution in [0.4, 0.5) is 10.5 Å². The fourth-order valence-corrected chi connectivity index (χ4v) is 2.67. The van der Waals surface area contributed by atoms with E-state index in [0.29, 0.717) is 4.47 Å². The first-order valence-electron chi connectivity index (χ1n) is 5.97. The van der Waals surface area contributed by atoms with Crippen LogP contribution >= 0.6 is 27.3 Å². The van der Waals surface area contributed by atoms with Crippen molar-refractivity contribution in [2.24, 2.45) is 0 Å². The molecule has 1 heterocycles. The quantitative estimate of drug-likeness (QED) is 0.768. The summed E-state index contributed by atoms with van der Waals surface area (Å²) in [7, 11) is 0. The van der Waals surface area contributed by atoms with Gasteiger partial charge in [0.15, 0.2) is 0 Å². The van der Waals surface area contributed by atoms with E-state index in [2.05, 4.69) is 31.5 Å². The number of nitrogens with zero attached hydrogens (tertiary/aromatic N) is 1. The number of urea groups is 1. The first kappa shape index (κ1) is 15.5. The number of hydrogen-bond donors (Lipinski definition) is 3. The van der Waals surface area contributed by atoms with Gasteiger partial charge in [-0.05, 0) is 25.1 Å². The highest BCUT2D eigenvalue weighted by Crippen LogP contribution is 2.21. The second-order valence-electron chi connectivity index (χ2n) is 4.19. The first-order chi connectivity index (χ1) is 9.97. The third-order valence-electron chi connectivity index (χ3n) is 2.63. The number of thiazole rings is 1. The Morgan fingerprint density at radius 2 is 2.19 bits per heavy atom. The molecule has 0 bridgehead atoms. The van der Waals surface area contributed by atoms with Gasteiger partial charge in [-0.15, -0.1) is 11.3 Å². The number of benzene rings is 1. The lowest BCUT2D eigenvalue weighted by Gasteiger charge is -2.13. The zero-order valence-corrected chi connectivity index (χ0v) is 13.4. The molecular formula is C13H12BrN3O3S. The van der Waals surface area contributed by atoms with E-state index < -0.39 is 12.0 Å². The number of rotatable bonds is 4. The summed E-state index contributed by atoms with van der Waals surface area (Å²) in [5, 5.41) is 17.0. The number of nitrogens with one attached hydrogen (secondary N) is 2. The number of carbonyl (C=O) groups is 2. The molecule has 0 fully saturated rings. The summed E-state index contributed by atoms with van der Waals surface area (Å²) in [6.45, 7) is 1.80. The number of carboxylic acids is 1. The zero-order valence-electron chi connectivity index (χ0n) is 11.0. The average Bonchev–Trinajstić information content (AvgIpc) is 2.94. The van der Waals surface area contributed by atoms with Crippen LogP contribution in [0.2, 0.25) is 0 Å². The van der Waals surface area contributed by atoms with Crippen molar-refractivity contribution in [3.05, 3.63) is 44.8 Å². The number of halogens is 1. The van der Waals surface area contributed by atoms with Crippen molar-refractivity contribution in [2.75, 3.05) is 5.32 Å². The molecule has 1 unspecified atom stereocenters. The molecular weight excluding hydrogens is 358 g/mol. The van der Waals surface area contributed by atoms with Crippen molar-refractivity contribution in [1.82, 2.24) is 10.3 Å². The lowest BCUT2D eigenvalue weighted by Crippen LogP contribution is -2.31. The molecule has 1 atom stereocenters. The average molecular weight is 370 g/mol. The van der Waals surface area contributed by atoms with Crippen LogP contribution in [0.3, 0.4) is 0 Å². The third-order valence-corrected chi connectivity index (χ3v) is 4.08. The molecule has 0 aliphatic carbocycles. The van der Waals surface area contributed by atoms with E-state index in [1.807, 2.05) is 5.38 Å². The number of carboxylic acid groups (broad SMARTS) is 1. The van der Waals surface area contributed by atoms with E-state index in [4.69, 9.17) is 5.11 Å². The van der Waals surface area contributed by atoms with E-state index in [1.54, 1.807) is 19.2 Å². The van der Waals surface area contributed by atoms with Gasteiger partial charge in [-0.25, -0.2) is 14.6 Å². The second-order valence-corrected chi connectivity index (χ2v) is 6.03. The van der Waals surface area contributed by atoms with Crippen LogP contribution in [-0.2, 0) is 0 Å². The van der Waals surface area contributed by atoms with Crippen LogP contribution in [0, 0.1) is 0 Å². The van der Waals surface area contributed by atoms with E-state index in [9.17, 15) is 9.59 Å². The van der Waals surface area contributed by atoms with E-state index in [-0.39, 0.29) is 17.3 Å². The smallest absolute Gasteiger partial charge is 0.337 e. The van der Waals surface area contributed by atoms with Crippen molar-refractivity contribution >= 4 is 45.0 Å². The van der Waals surface area contributed by atoms with Gasteiger partial charge in [0.2, 0.25) is 0 Å². The predicted octanol–water partition coefficient (Wildman–Crippen LogP) is 3.49. The van der Waals surface area contributed by atoms with Crippen LogP contribution in [0.25, 0.3) is 0 Å². The first-order valence-corrected chi connectivity index (χ1v) is 7.64. The molecule has 2 aromatic rings. The Hall–Kier alpha value is -1.93. The topological polar surface area (TPSA) is 91.3 Å². The number of aromatic carboxylic acids is 1. The monoisotopic (exact) mass is 369 g/mol. The van der Waals surface area contributed by atoms with Gasteiger partial charge in [0.1, 0.15) is 5.01 Å². The molecule has 0 radical (unpaired) electrons. The van der Waals surface area contributed by atoms with Crippen LogP contribution in [-0.4, -0.2) is 22.1 Å². The largest absolute Gasteiger partial charge is 0.478 e. The van der Waals surface area contributed by atoms with Crippen molar-refractivity contribution in [2.45, 2.75) is 13.0 Å². The van der Waals surface area contributed by atoms with Crippen LogP contribution in [0.5, 0.6) is 0 Å². The van der Waals surface area contributed by atoms with Gasteiger partial charge in [-0.1, -0.05) is 15.9 Å². The van der Waals surface area contributed by atoms with Gasteiger partial charge in [0.25, 0.3) is 0 Å². The lowest BCUT2D eigenvalue weighted by molar-refractivity contribution is 0.0698. The normalized spacial score (nSPS) is 11.7. The van der Waals surface area contributed by atoms with Crippen LogP contribution in [0.1, 0.15) is 28.3 Å². The maximum atomic E-state index is 11.9. The highest BCUT2D eigenvalue weighted by molar-refractivity contribution is 9.10. The minimum atomic E-state index is -1.11. The Morgan fingerprint density at radius 1 is 1.43 bits per heavy atom. The van der Waals surface area contributed by atoms with E-state index >= 15 is 0 Å². The molecule has 21 heavy (non-hydrogen) atoms. The molecule has 3 N–H and O–H groups in total. The molecule has 8 heteroatoms. The minimum absolute atomic E-state index is 0.0152. The SMILES string of the molecule is CC(NC(=O)Nc1ccc(Br)cc1C(=O)O)c1nccs1. The van der Waals surface area contributed by atoms with Gasteiger partial charge in [-0.3, -0.25) is 0 Å². The number of carbonyl (C=O) groups excluding carboxylic acids is 1. The van der Waals surface area contributed by atoms with Crippen molar-refractivity contribution in [3.8, 4) is 0 Å². The molecule has 2 rings (SSSR count). The fourth-order valence-electron chi connectivity index (χ4n) is 1.67. The summed E-state index contributed by atoms with van der Waals surface area (Å²) in [6.07, 6.45) is 1.66. The lowest BCUT2D eigenvalue weighted by atomic mass is 10.2. The summed E-state index contributed by atoms with van der Waals surface area (Å²) in [4.78, 5) is 27.2. The Morgan fingerprint density at radius 3 is 2.81 bits per heavy atom.